The van der Waals surface area contributed by atoms with Crippen LogP contribution in [-0.2, 0) is 7.05 Å². The molecule has 0 unspecified atom stereocenters. The lowest BCUT2D eigenvalue weighted by Gasteiger charge is -2.07. The highest BCUT2D eigenvalue weighted by Crippen LogP contribution is 2.21. The van der Waals surface area contributed by atoms with Crippen molar-refractivity contribution in [2.75, 3.05) is 5.32 Å². The molecular formula is C19H18N4. The third kappa shape index (κ3) is 2.82. The summed E-state index contributed by atoms with van der Waals surface area (Å²) in [5.74, 6) is 0.659. The lowest BCUT2D eigenvalue weighted by Crippen LogP contribution is -1.99. The second-order valence-electron chi connectivity index (χ2n) is 5.62. The molecule has 1 N–H and O–H groups in total. The summed E-state index contributed by atoms with van der Waals surface area (Å²) >= 11 is 0. The molecule has 0 aliphatic rings. The van der Waals surface area contributed by atoms with Crippen LogP contribution in [0.5, 0.6) is 0 Å². The average Bonchev–Trinajstić information content (AvgIpc) is 2.89. The van der Waals surface area contributed by atoms with Crippen molar-refractivity contribution in [2.45, 2.75) is 13.8 Å². The minimum Gasteiger partial charge on any atom is -0.360 e. The Labute approximate surface area is 135 Å². The van der Waals surface area contributed by atoms with Gasteiger partial charge in [-0.1, -0.05) is 24.3 Å². The average molecular weight is 302 g/mol. The molecule has 0 bridgehead atoms. The first-order valence-corrected chi connectivity index (χ1v) is 7.46. The number of fused-ring (bicyclic) bond motifs is 1. The van der Waals surface area contributed by atoms with Gasteiger partial charge in [0.05, 0.1) is 11.0 Å². The van der Waals surface area contributed by atoms with E-state index in [-0.39, 0.29) is 0 Å². The van der Waals surface area contributed by atoms with Gasteiger partial charge in [-0.2, -0.15) is 5.26 Å². The normalized spacial score (nSPS) is 11.5. The Balaban J connectivity index is 2.00. The summed E-state index contributed by atoms with van der Waals surface area (Å²) in [6.45, 7) is 4.09. The van der Waals surface area contributed by atoms with E-state index in [0.29, 0.717) is 11.4 Å². The molecule has 0 radical (unpaired) electrons. The maximum atomic E-state index is 9.52. The summed E-state index contributed by atoms with van der Waals surface area (Å²) in [6.07, 6.45) is 1.73. The zero-order valence-corrected chi connectivity index (χ0v) is 13.5. The van der Waals surface area contributed by atoms with E-state index in [1.165, 1.54) is 5.56 Å². The SMILES string of the molecule is Cc1ccc(C)c(NC=C(C#N)c2nc3ccccc3n2C)c1. The predicted octanol–water partition coefficient (Wildman–Crippen LogP) is 4.17. The molecule has 3 aromatic rings. The Kier molecular flexibility index (Phi) is 3.86. The molecule has 0 saturated heterocycles. The number of hydrogen-bond donors (Lipinski definition) is 1. The molecule has 2 aromatic carbocycles. The van der Waals surface area contributed by atoms with Crippen LogP contribution < -0.4 is 5.32 Å². The number of aromatic nitrogens is 2. The van der Waals surface area contributed by atoms with Crippen molar-refractivity contribution in [3.8, 4) is 6.07 Å². The van der Waals surface area contributed by atoms with Crippen LogP contribution in [0.1, 0.15) is 17.0 Å². The predicted molar refractivity (Wildman–Crippen MR) is 93.8 cm³/mol. The number of benzene rings is 2. The summed E-state index contributed by atoms with van der Waals surface area (Å²) in [6, 6.07) is 16.3. The highest BCUT2D eigenvalue weighted by Gasteiger charge is 2.11. The first-order chi connectivity index (χ1) is 11.1. The molecule has 0 aliphatic heterocycles. The van der Waals surface area contributed by atoms with E-state index in [2.05, 4.69) is 34.6 Å². The first kappa shape index (κ1) is 14.9. The number of hydrogen-bond acceptors (Lipinski definition) is 3. The quantitative estimate of drug-likeness (QED) is 0.739. The lowest BCUT2D eigenvalue weighted by molar-refractivity contribution is 0.924. The van der Waals surface area contributed by atoms with Gasteiger partial charge < -0.3 is 9.88 Å². The fourth-order valence-corrected chi connectivity index (χ4v) is 2.57. The largest absolute Gasteiger partial charge is 0.360 e. The third-order valence-electron chi connectivity index (χ3n) is 3.91. The smallest absolute Gasteiger partial charge is 0.153 e. The topological polar surface area (TPSA) is 53.6 Å². The van der Waals surface area contributed by atoms with Crippen LogP contribution in [0.15, 0.2) is 48.7 Å². The molecule has 0 atom stereocenters. The van der Waals surface area contributed by atoms with Crippen LogP contribution in [0.2, 0.25) is 0 Å². The van der Waals surface area contributed by atoms with Gasteiger partial charge in [-0.15, -0.1) is 0 Å². The highest BCUT2D eigenvalue weighted by molar-refractivity contribution is 5.83. The van der Waals surface area contributed by atoms with Crippen molar-refractivity contribution in [2.24, 2.45) is 7.05 Å². The summed E-state index contributed by atoms with van der Waals surface area (Å²) < 4.78 is 1.94. The van der Waals surface area contributed by atoms with Gasteiger partial charge in [0, 0.05) is 18.9 Å². The second-order valence-corrected chi connectivity index (χ2v) is 5.62. The minimum absolute atomic E-state index is 0.504. The van der Waals surface area contributed by atoms with E-state index >= 15 is 0 Å². The van der Waals surface area contributed by atoms with Crippen molar-refractivity contribution >= 4 is 22.3 Å². The molecule has 0 spiro atoms. The van der Waals surface area contributed by atoms with E-state index in [4.69, 9.17) is 0 Å². The Morgan fingerprint density at radius 1 is 1.22 bits per heavy atom. The fraction of sp³-hybridized carbons (Fsp3) is 0.158. The number of allylic oxidation sites excluding steroid dienone is 1. The minimum atomic E-state index is 0.504. The van der Waals surface area contributed by atoms with Gasteiger partial charge in [0.1, 0.15) is 11.6 Å². The standard InChI is InChI=1S/C19H18N4/c1-13-8-9-14(2)17(10-13)21-12-15(11-20)19-22-16-6-4-5-7-18(16)23(19)3/h4-10,12,21H,1-3H3. The Hall–Kier alpha value is -3.06. The molecule has 1 aromatic heterocycles. The number of rotatable bonds is 3. The number of nitriles is 1. The van der Waals surface area contributed by atoms with E-state index < -0.39 is 0 Å². The van der Waals surface area contributed by atoms with E-state index in [9.17, 15) is 5.26 Å². The summed E-state index contributed by atoms with van der Waals surface area (Å²) in [5.41, 5.74) is 5.70. The molecule has 3 rings (SSSR count). The molecule has 1 heterocycles. The molecule has 4 nitrogen and oxygen atoms in total. The molecule has 0 saturated carbocycles. The van der Waals surface area contributed by atoms with Gasteiger partial charge in [0.2, 0.25) is 0 Å². The van der Waals surface area contributed by atoms with Crippen molar-refractivity contribution in [3.63, 3.8) is 0 Å². The lowest BCUT2D eigenvalue weighted by atomic mass is 10.1. The fourth-order valence-electron chi connectivity index (χ4n) is 2.57. The van der Waals surface area contributed by atoms with Crippen molar-refractivity contribution in [1.29, 1.82) is 5.26 Å². The molecule has 0 aliphatic carbocycles. The van der Waals surface area contributed by atoms with Crippen molar-refractivity contribution in [3.05, 3.63) is 65.6 Å². The zero-order chi connectivity index (χ0) is 16.4. The zero-order valence-electron chi connectivity index (χ0n) is 13.5. The van der Waals surface area contributed by atoms with Crippen LogP contribution >= 0.6 is 0 Å². The molecule has 0 fully saturated rings. The van der Waals surface area contributed by atoms with Gasteiger partial charge in [0.25, 0.3) is 0 Å². The van der Waals surface area contributed by atoms with E-state index in [1.54, 1.807) is 6.20 Å². The Morgan fingerprint density at radius 2 is 2.00 bits per heavy atom. The summed E-state index contributed by atoms with van der Waals surface area (Å²) in [4.78, 5) is 4.57. The van der Waals surface area contributed by atoms with Gasteiger partial charge in [-0.05, 0) is 43.2 Å². The number of aryl methyl sites for hydroxylation is 3. The van der Waals surface area contributed by atoms with E-state index in [1.807, 2.05) is 49.7 Å². The van der Waals surface area contributed by atoms with Gasteiger partial charge in [-0.25, -0.2) is 4.98 Å². The van der Waals surface area contributed by atoms with E-state index in [0.717, 1.165) is 22.3 Å². The highest BCUT2D eigenvalue weighted by atomic mass is 15.1. The summed E-state index contributed by atoms with van der Waals surface area (Å²) in [5, 5.41) is 12.8. The Morgan fingerprint density at radius 3 is 2.74 bits per heavy atom. The first-order valence-electron chi connectivity index (χ1n) is 7.46. The van der Waals surface area contributed by atoms with Crippen LogP contribution in [0, 0.1) is 25.2 Å². The third-order valence-corrected chi connectivity index (χ3v) is 3.91. The van der Waals surface area contributed by atoms with Crippen LogP contribution in [-0.4, -0.2) is 9.55 Å². The number of nitrogens with zero attached hydrogens (tertiary/aromatic N) is 3. The molecule has 114 valence electrons. The number of nitrogens with one attached hydrogen (secondary N) is 1. The molecular weight excluding hydrogens is 284 g/mol. The maximum Gasteiger partial charge on any atom is 0.153 e. The van der Waals surface area contributed by atoms with Gasteiger partial charge in [0.15, 0.2) is 5.82 Å². The second kappa shape index (κ2) is 5.98. The number of anilines is 1. The van der Waals surface area contributed by atoms with Crippen molar-refractivity contribution < 1.29 is 0 Å². The van der Waals surface area contributed by atoms with Crippen LogP contribution in [0.4, 0.5) is 5.69 Å². The molecule has 23 heavy (non-hydrogen) atoms. The molecule has 4 heteroatoms. The Bertz CT molecular complexity index is 942. The van der Waals surface area contributed by atoms with Gasteiger partial charge >= 0.3 is 0 Å². The number of para-hydroxylation sites is 2. The number of imidazole rings is 1. The van der Waals surface area contributed by atoms with Crippen LogP contribution in [0.3, 0.4) is 0 Å². The van der Waals surface area contributed by atoms with Crippen LogP contribution in [0.25, 0.3) is 16.6 Å². The van der Waals surface area contributed by atoms with Crippen molar-refractivity contribution in [1.82, 2.24) is 9.55 Å². The van der Waals surface area contributed by atoms with Gasteiger partial charge in [-0.3, -0.25) is 0 Å². The monoisotopic (exact) mass is 302 g/mol. The maximum absolute atomic E-state index is 9.52. The molecule has 0 amide bonds. The summed E-state index contributed by atoms with van der Waals surface area (Å²) in [7, 11) is 1.92.